The highest BCUT2D eigenvalue weighted by Crippen LogP contribution is 2.42. The van der Waals surface area contributed by atoms with Crippen molar-refractivity contribution in [2.75, 3.05) is 13.1 Å². The third kappa shape index (κ3) is 3.21. The number of carbonyl (C=O) groups excluding carboxylic acids is 1. The fourth-order valence-electron chi connectivity index (χ4n) is 4.38. The first-order chi connectivity index (χ1) is 12.4. The van der Waals surface area contributed by atoms with E-state index in [1.165, 1.54) is 22.2 Å². The van der Waals surface area contributed by atoms with Gasteiger partial charge in [-0.05, 0) is 37.7 Å². The Balaban J connectivity index is 1.70. The lowest BCUT2D eigenvalue weighted by Crippen LogP contribution is -2.46. The molecule has 0 aliphatic carbocycles. The van der Waals surface area contributed by atoms with E-state index in [1.54, 1.807) is 11.8 Å². The van der Waals surface area contributed by atoms with Gasteiger partial charge >= 0.3 is 0 Å². The van der Waals surface area contributed by atoms with Gasteiger partial charge in [0.05, 0.1) is 6.04 Å². The highest BCUT2D eigenvalue weighted by molar-refractivity contribution is 8.00. The zero-order valence-corrected chi connectivity index (χ0v) is 16.7. The summed E-state index contributed by atoms with van der Waals surface area (Å²) in [7, 11) is 0. The van der Waals surface area contributed by atoms with Crippen molar-refractivity contribution < 1.29 is 4.79 Å². The molecule has 5 nitrogen and oxygen atoms in total. The average molecular weight is 371 g/mol. The summed E-state index contributed by atoms with van der Waals surface area (Å²) in [5.41, 5.74) is 2.45. The molecular formula is C20H26N4OS. The molecule has 4 atom stereocenters. The van der Waals surface area contributed by atoms with Crippen LogP contribution in [-0.4, -0.2) is 43.9 Å². The number of thioether (sulfide) groups is 1. The first-order valence-electron chi connectivity index (χ1n) is 9.37. The molecular weight excluding hydrogens is 344 g/mol. The van der Waals surface area contributed by atoms with Gasteiger partial charge in [-0.25, -0.2) is 4.98 Å². The van der Waals surface area contributed by atoms with Crippen LogP contribution in [0.1, 0.15) is 48.1 Å². The predicted molar refractivity (Wildman–Crippen MR) is 103 cm³/mol. The normalized spacial score (nSPS) is 27.5. The molecule has 1 aromatic carbocycles. The van der Waals surface area contributed by atoms with Crippen molar-refractivity contribution in [2.45, 2.75) is 50.6 Å². The van der Waals surface area contributed by atoms with Gasteiger partial charge in [0.1, 0.15) is 11.1 Å². The first kappa shape index (κ1) is 17.7. The van der Waals surface area contributed by atoms with Gasteiger partial charge in [-0.15, -0.1) is 5.10 Å². The van der Waals surface area contributed by atoms with E-state index in [1.807, 2.05) is 6.92 Å². The molecule has 2 aromatic rings. The van der Waals surface area contributed by atoms with Gasteiger partial charge in [-0.2, -0.15) is 4.68 Å². The van der Waals surface area contributed by atoms with Crippen molar-refractivity contribution in [3.8, 4) is 0 Å². The van der Waals surface area contributed by atoms with Crippen molar-refractivity contribution in [1.29, 1.82) is 0 Å². The van der Waals surface area contributed by atoms with Crippen LogP contribution in [0, 0.1) is 25.7 Å². The maximum Gasteiger partial charge on any atom is 0.264 e. The fourth-order valence-corrected chi connectivity index (χ4v) is 5.68. The highest BCUT2D eigenvalue weighted by atomic mass is 32.2. The summed E-state index contributed by atoms with van der Waals surface area (Å²) in [6, 6.07) is 8.70. The van der Waals surface area contributed by atoms with Gasteiger partial charge in [-0.3, -0.25) is 9.69 Å². The van der Waals surface area contributed by atoms with Crippen LogP contribution in [0.2, 0.25) is 0 Å². The fraction of sp³-hybridized carbons (Fsp3) is 0.550. The SMILES string of the molecule is Cc1ccc(C(C2Sc3nc(C)nn3C2=O)N2CC(C)CC(C)C2)cc1. The van der Waals surface area contributed by atoms with Gasteiger partial charge in [0.2, 0.25) is 0 Å². The Kier molecular flexibility index (Phi) is 4.65. The summed E-state index contributed by atoms with van der Waals surface area (Å²) >= 11 is 1.57. The molecule has 4 rings (SSSR count). The Labute approximate surface area is 159 Å². The van der Waals surface area contributed by atoms with Crippen molar-refractivity contribution in [3.63, 3.8) is 0 Å². The molecule has 1 aromatic heterocycles. The van der Waals surface area contributed by atoms with Gasteiger partial charge in [0.25, 0.3) is 5.91 Å². The maximum absolute atomic E-state index is 13.1. The molecule has 6 heteroatoms. The zero-order chi connectivity index (χ0) is 18.4. The lowest BCUT2D eigenvalue weighted by atomic mass is 9.88. The highest BCUT2D eigenvalue weighted by Gasteiger charge is 2.44. The minimum Gasteiger partial charge on any atom is -0.294 e. The lowest BCUT2D eigenvalue weighted by Gasteiger charge is -2.41. The number of hydrogen-bond acceptors (Lipinski definition) is 5. The van der Waals surface area contributed by atoms with Gasteiger partial charge in [-0.1, -0.05) is 55.4 Å². The molecule has 138 valence electrons. The van der Waals surface area contributed by atoms with E-state index < -0.39 is 0 Å². The number of rotatable bonds is 3. The van der Waals surface area contributed by atoms with Crippen molar-refractivity contribution in [1.82, 2.24) is 19.7 Å². The summed E-state index contributed by atoms with van der Waals surface area (Å²) in [4.78, 5) is 20.1. The number of nitrogens with zero attached hydrogens (tertiary/aromatic N) is 4. The second-order valence-electron chi connectivity index (χ2n) is 7.99. The third-order valence-electron chi connectivity index (χ3n) is 5.36. The van der Waals surface area contributed by atoms with Crippen LogP contribution >= 0.6 is 11.8 Å². The molecule has 0 N–H and O–H groups in total. The van der Waals surface area contributed by atoms with E-state index in [-0.39, 0.29) is 17.2 Å². The monoisotopic (exact) mass is 370 g/mol. The summed E-state index contributed by atoms with van der Waals surface area (Å²) < 4.78 is 1.50. The topological polar surface area (TPSA) is 51.0 Å². The van der Waals surface area contributed by atoms with E-state index in [0.29, 0.717) is 17.7 Å². The van der Waals surface area contributed by atoms with Crippen LogP contribution in [0.3, 0.4) is 0 Å². The Morgan fingerprint density at radius 3 is 2.38 bits per heavy atom. The van der Waals surface area contributed by atoms with Crippen molar-refractivity contribution >= 4 is 17.7 Å². The van der Waals surface area contributed by atoms with E-state index in [4.69, 9.17) is 0 Å². The van der Waals surface area contributed by atoms with Gasteiger partial charge in [0.15, 0.2) is 5.16 Å². The number of likely N-dealkylation sites (tertiary alicyclic amines) is 1. The molecule has 1 fully saturated rings. The number of fused-ring (bicyclic) bond motifs is 1. The molecule has 0 bridgehead atoms. The largest absolute Gasteiger partial charge is 0.294 e. The smallest absolute Gasteiger partial charge is 0.264 e. The summed E-state index contributed by atoms with van der Waals surface area (Å²) in [6.07, 6.45) is 1.26. The Morgan fingerprint density at radius 1 is 1.12 bits per heavy atom. The van der Waals surface area contributed by atoms with Crippen LogP contribution in [0.4, 0.5) is 0 Å². The molecule has 4 unspecified atom stereocenters. The number of hydrogen-bond donors (Lipinski definition) is 0. The van der Waals surface area contributed by atoms with E-state index in [2.05, 4.69) is 60.0 Å². The minimum atomic E-state index is -0.189. The zero-order valence-electron chi connectivity index (χ0n) is 15.8. The molecule has 2 aliphatic heterocycles. The summed E-state index contributed by atoms with van der Waals surface area (Å²) in [6.45, 7) is 10.6. The molecule has 0 saturated carbocycles. The minimum absolute atomic E-state index is 0.0575. The number of carbonyl (C=O) groups is 1. The van der Waals surface area contributed by atoms with Crippen LogP contribution in [0.25, 0.3) is 0 Å². The van der Waals surface area contributed by atoms with Gasteiger partial charge in [0, 0.05) is 13.1 Å². The van der Waals surface area contributed by atoms with Gasteiger partial charge < -0.3 is 0 Å². The van der Waals surface area contributed by atoms with E-state index in [9.17, 15) is 4.79 Å². The number of aromatic nitrogens is 3. The van der Waals surface area contributed by atoms with Crippen molar-refractivity contribution in [2.24, 2.45) is 11.8 Å². The Hall–Kier alpha value is -1.66. The van der Waals surface area contributed by atoms with Crippen molar-refractivity contribution in [3.05, 3.63) is 41.2 Å². The first-order valence-corrected chi connectivity index (χ1v) is 10.3. The summed E-state index contributed by atoms with van der Waals surface area (Å²) in [5.74, 6) is 2.00. The second kappa shape index (κ2) is 6.82. The third-order valence-corrected chi connectivity index (χ3v) is 6.55. The quantitative estimate of drug-likeness (QED) is 0.824. The molecule has 0 radical (unpaired) electrons. The second-order valence-corrected chi connectivity index (χ2v) is 9.09. The molecule has 2 aliphatic rings. The van der Waals surface area contributed by atoms with Crippen LogP contribution < -0.4 is 0 Å². The number of benzene rings is 1. The Morgan fingerprint density at radius 2 is 1.77 bits per heavy atom. The number of aryl methyl sites for hydroxylation is 2. The molecule has 0 amide bonds. The predicted octanol–water partition coefficient (Wildman–Crippen LogP) is 3.73. The van der Waals surface area contributed by atoms with Crippen LogP contribution in [-0.2, 0) is 0 Å². The standard InChI is InChI=1S/C20H26N4OS/c1-12-5-7-16(8-6-12)17(23-10-13(2)9-14(3)11-23)18-19(25)24-20(26-18)21-15(4)22-24/h5-8,13-14,17-18H,9-11H2,1-4H3. The van der Waals surface area contributed by atoms with Crippen LogP contribution in [0.5, 0.6) is 0 Å². The van der Waals surface area contributed by atoms with E-state index >= 15 is 0 Å². The molecule has 3 heterocycles. The Bertz CT molecular complexity index is 806. The molecule has 0 spiro atoms. The molecule has 26 heavy (non-hydrogen) atoms. The summed E-state index contributed by atoms with van der Waals surface area (Å²) in [5, 5.41) is 4.84. The maximum atomic E-state index is 13.1. The van der Waals surface area contributed by atoms with Crippen LogP contribution in [0.15, 0.2) is 29.4 Å². The van der Waals surface area contributed by atoms with E-state index in [0.717, 1.165) is 18.2 Å². The number of piperidine rings is 1. The average Bonchev–Trinajstić information content (AvgIpc) is 3.07. The molecule has 1 saturated heterocycles. The lowest BCUT2D eigenvalue weighted by molar-refractivity contribution is 0.0712.